The number of aryl methyl sites for hydroxylation is 1. The molecule has 1 aliphatic rings. The van der Waals surface area contributed by atoms with Gasteiger partial charge in [-0.15, -0.1) is 0 Å². The average molecular weight is 515 g/mol. The standard InChI is InChI=1S/C25H21ClF2N4O4/c1-15-8-10-32(30-15)16-6-7-18(20(26)12-16)24(36)31-11-9-25(27,28)19(13-22(33)29-14-23(34)35)17-4-2-3-5-21(17)31/h2-8,10,12-13H,9,11,14H2,1H3,(H,29,33)(H,34,35). The Hall–Kier alpha value is -4.05. The molecule has 0 spiro atoms. The fourth-order valence-corrected chi connectivity index (χ4v) is 4.16. The van der Waals surface area contributed by atoms with Crippen LogP contribution in [0.5, 0.6) is 0 Å². The van der Waals surface area contributed by atoms with Gasteiger partial charge in [-0.05, 0) is 37.3 Å². The summed E-state index contributed by atoms with van der Waals surface area (Å²) in [7, 11) is 0. The predicted molar refractivity (Wildman–Crippen MR) is 130 cm³/mol. The minimum Gasteiger partial charge on any atom is -0.480 e. The fourth-order valence-electron chi connectivity index (χ4n) is 3.90. The van der Waals surface area contributed by atoms with Gasteiger partial charge >= 0.3 is 5.97 Å². The summed E-state index contributed by atoms with van der Waals surface area (Å²) in [6.07, 6.45) is 1.67. The number of benzene rings is 2. The number of hydrogen-bond acceptors (Lipinski definition) is 4. The van der Waals surface area contributed by atoms with Crippen LogP contribution in [0.2, 0.25) is 5.02 Å². The molecule has 2 aromatic carbocycles. The average Bonchev–Trinajstić information content (AvgIpc) is 3.23. The minimum absolute atomic E-state index is 0.0152. The number of anilines is 1. The van der Waals surface area contributed by atoms with Crippen molar-refractivity contribution < 1.29 is 28.3 Å². The minimum atomic E-state index is -3.46. The quantitative estimate of drug-likeness (QED) is 0.499. The van der Waals surface area contributed by atoms with Gasteiger partial charge in [-0.25, -0.2) is 13.5 Å². The first-order valence-corrected chi connectivity index (χ1v) is 11.3. The molecule has 0 bridgehead atoms. The van der Waals surface area contributed by atoms with Crippen molar-refractivity contribution in [1.29, 1.82) is 0 Å². The maximum absolute atomic E-state index is 15.2. The number of nitrogens with one attached hydrogen (secondary N) is 1. The molecule has 0 radical (unpaired) electrons. The lowest BCUT2D eigenvalue weighted by molar-refractivity contribution is -0.137. The first-order valence-electron chi connectivity index (χ1n) is 10.9. The molecule has 2 N–H and O–H groups in total. The zero-order valence-electron chi connectivity index (χ0n) is 19.0. The Balaban J connectivity index is 1.71. The van der Waals surface area contributed by atoms with Crippen molar-refractivity contribution in [3.05, 3.63) is 82.6 Å². The lowest BCUT2D eigenvalue weighted by Gasteiger charge is -2.23. The summed E-state index contributed by atoms with van der Waals surface area (Å²) in [5.41, 5.74) is 1.11. The molecule has 2 amide bonds. The number of carbonyl (C=O) groups excluding carboxylic acids is 2. The van der Waals surface area contributed by atoms with E-state index in [1.807, 2.05) is 13.0 Å². The van der Waals surface area contributed by atoms with Crippen LogP contribution in [0.15, 0.2) is 60.8 Å². The van der Waals surface area contributed by atoms with Gasteiger partial charge in [-0.3, -0.25) is 14.4 Å². The van der Waals surface area contributed by atoms with Crippen molar-refractivity contribution in [2.24, 2.45) is 0 Å². The molecule has 36 heavy (non-hydrogen) atoms. The van der Waals surface area contributed by atoms with E-state index < -0.39 is 42.2 Å². The smallest absolute Gasteiger partial charge is 0.322 e. The Morgan fingerprint density at radius 3 is 2.61 bits per heavy atom. The Kier molecular flexibility index (Phi) is 6.89. The Morgan fingerprint density at radius 1 is 1.19 bits per heavy atom. The van der Waals surface area contributed by atoms with Crippen LogP contribution in [-0.4, -0.2) is 51.7 Å². The van der Waals surface area contributed by atoms with Crippen LogP contribution >= 0.6 is 11.6 Å². The summed E-state index contributed by atoms with van der Waals surface area (Å²) in [5.74, 6) is -6.33. The summed E-state index contributed by atoms with van der Waals surface area (Å²) in [6.45, 7) is 0.779. The van der Waals surface area contributed by atoms with E-state index in [4.69, 9.17) is 16.7 Å². The van der Waals surface area contributed by atoms with E-state index in [0.29, 0.717) is 11.8 Å². The van der Waals surface area contributed by atoms with Crippen molar-refractivity contribution >= 4 is 40.6 Å². The van der Waals surface area contributed by atoms with Gasteiger partial charge in [-0.2, -0.15) is 5.10 Å². The van der Waals surface area contributed by atoms with E-state index in [9.17, 15) is 14.4 Å². The summed E-state index contributed by atoms with van der Waals surface area (Å²) in [4.78, 5) is 37.6. The number of carboxylic acids is 1. The molecule has 0 atom stereocenters. The van der Waals surface area contributed by atoms with Crippen molar-refractivity contribution in [3.63, 3.8) is 0 Å². The molecule has 11 heteroatoms. The second-order valence-electron chi connectivity index (χ2n) is 8.16. The lowest BCUT2D eigenvalue weighted by atomic mass is 9.97. The number of para-hydroxylation sites is 1. The van der Waals surface area contributed by atoms with E-state index in [-0.39, 0.29) is 28.4 Å². The molecule has 186 valence electrons. The van der Waals surface area contributed by atoms with E-state index in [2.05, 4.69) is 10.4 Å². The number of carboxylic acid groups (broad SMARTS) is 1. The molecule has 0 fully saturated rings. The van der Waals surface area contributed by atoms with Crippen LogP contribution in [-0.2, 0) is 9.59 Å². The molecule has 4 rings (SSSR count). The molecule has 0 aliphatic carbocycles. The number of aliphatic carboxylic acids is 1. The number of nitrogens with zero attached hydrogens (tertiary/aromatic N) is 3. The molecule has 2 heterocycles. The highest BCUT2D eigenvalue weighted by molar-refractivity contribution is 6.34. The number of fused-ring (bicyclic) bond motifs is 1. The van der Waals surface area contributed by atoms with Crippen LogP contribution in [0, 0.1) is 6.92 Å². The molecular weight excluding hydrogens is 494 g/mol. The largest absolute Gasteiger partial charge is 0.480 e. The van der Waals surface area contributed by atoms with E-state index in [1.165, 1.54) is 29.2 Å². The van der Waals surface area contributed by atoms with Gasteiger partial charge in [0.25, 0.3) is 11.8 Å². The number of halogens is 3. The van der Waals surface area contributed by atoms with E-state index in [1.54, 1.807) is 29.1 Å². The monoisotopic (exact) mass is 514 g/mol. The maximum Gasteiger partial charge on any atom is 0.322 e. The molecule has 8 nitrogen and oxygen atoms in total. The van der Waals surface area contributed by atoms with Crippen molar-refractivity contribution in [3.8, 4) is 5.69 Å². The molecule has 0 saturated carbocycles. The molecule has 1 aliphatic heterocycles. The van der Waals surface area contributed by atoms with Crippen molar-refractivity contribution in [2.45, 2.75) is 19.3 Å². The van der Waals surface area contributed by atoms with Crippen LogP contribution in [0.25, 0.3) is 11.3 Å². The fraction of sp³-hybridized carbons (Fsp3) is 0.200. The zero-order valence-corrected chi connectivity index (χ0v) is 19.8. The maximum atomic E-state index is 15.2. The molecule has 1 aromatic heterocycles. The third kappa shape index (κ3) is 5.13. The topological polar surface area (TPSA) is 105 Å². The number of amides is 2. The number of allylic oxidation sites excluding steroid dienone is 1. The summed E-state index contributed by atoms with van der Waals surface area (Å²) >= 11 is 6.43. The summed E-state index contributed by atoms with van der Waals surface area (Å²) in [5, 5.41) is 15.2. The van der Waals surface area contributed by atoms with Gasteiger partial charge in [0.05, 0.1) is 27.7 Å². The lowest BCUT2D eigenvalue weighted by Crippen LogP contribution is -2.33. The van der Waals surface area contributed by atoms with Crippen LogP contribution in [0.1, 0.15) is 28.0 Å². The van der Waals surface area contributed by atoms with Crippen LogP contribution < -0.4 is 10.2 Å². The summed E-state index contributed by atoms with van der Waals surface area (Å²) in [6, 6.07) is 12.5. The number of alkyl halides is 2. The van der Waals surface area contributed by atoms with Crippen LogP contribution in [0.3, 0.4) is 0 Å². The van der Waals surface area contributed by atoms with E-state index in [0.717, 1.165) is 5.69 Å². The molecular formula is C25H21ClF2N4O4. The summed E-state index contributed by atoms with van der Waals surface area (Å²) < 4.78 is 32.0. The van der Waals surface area contributed by atoms with Gasteiger partial charge in [0.1, 0.15) is 6.54 Å². The highest BCUT2D eigenvalue weighted by Gasteiger charge is 2.41. The Morgan fingerprint density at radius 2 is 1.94 bits per heavy atom. The predicted octanol–water partition coefficient (Wildman–Crippen LogP) is 4.10. The van der Waals surface area contributed by atoms with Crippen LogP contribution in [0.4, 0.5) is 14.5 Å². The van der Waals surface area contributed by atoms with Gasteiger partial charge in [0, 0.05) is 36.4 Å². The first-order chi connectivity index (χ1) is 17.1. The Bertz CT molecular complexity index is 1390. The second-order valence-corrected chi connectivity index (χ2v) is 8.57. The number of rotatable bonds is 5. The highest BCUT2D eigenvalue weighted by atomic mass is 35.5. The molecule has 0 saturated heterocycles. The molecule has 3 aromatic rings. The Labute approximate surface area is 209 Å². The third-order valence-corrected chi connectivity index (χ3v) is 5.95. The third-order valence-electron chi connectivity index (χ3n) is 5.63. The van der Waals surface area contributed by atoms with Gasteiger partial charge < -0.3 is 15.3 Å². The van der Waals surface area contributed by atoms with Gasteiger partial charge in [0.15, 0.2) is 0 Å². The first kappa shape index (κ1) is 25.1. The molecule has 0 unspecified atom stereocenters. The van der Waals surface area contributed by atoms with Crippen molar-refractivity contribution in [1.82, 2.24) is 15.1 Å². The van der Waals surface area contributed by atoms with Gasteiger partial charge in [-0.1, -0.05) is 29.8 Å². The normalized spacial score (nSPS) is 15.8. The highest BCUT2D eigenvalue weighted by Crippen LogP contribution is 2.43. The zero-order chi connectivity index (χ0) is 26.0. The number of carbonyl (C=O) groups is 3. The van der Waals surface area contributed by atoms with Gasteiger partial charge in [0.2, 0.25) is 5.91 Å². The SMILES string of the molecule is Cc1ccn(-c2ccc(C(=O)N3CCC(F)(F)C(=CC(=O)NCC(=O)O)c4ccccc43)c(Cl)c2)n1. The van der Waals surface area contributed by atoms with E-state index >= 15 is 8.78 Å². The second kappa shape index (κ2) is 9.90. The number of hydrogen-bond donors (Lipinski definition) is 2. The van der Waals surface area contributed by atoms with Crippen molar-refractivity contribution in [2.75, 3.05) is 18.0 Å². The number of aromatic nitrogens is 2.